The largest absolute Gasteiger partial charge is 0.494 e. The predicted molar refractivity (Wildman–Crippen MR) is 142 cm³/mol. The maximum absolute atomic E-state index is 12.6. The van der Waals surface area contributed by atoms with Crippen LogP contribution in [-0.4, -0.2) is 36.2 Å². The SMILES string of the molecule is CCOc1ccc(/C(C)=N\NC(=O)c2ccc(CN3CCC(Cc4ccccc4)CC3)cc2)cc1. The summed E-state index contributed by atoms with van der Waals surface area (Å²) in [4.78, 5) is 15.1. The molecule has 1 N–H and O–H groups in total. The highest BCUT2D eigenvalue weighted by atomic mass is 16.5. The van der Waals surface area contributed by atoms with Crippen LogP contribution >= 0.6 is 0 Å². The first-order valence-corrected chi connectivity index (χ1v) is 12.5. The third-order valence-electron chi connectivity index (χ3n) is 6.60. The van der Waals surface area contributed by atoms with E-state index in [0.717, 1.165) is 42.6 Å². The molecule has 35 heavy (non-hydrogen) atoms. The highest BCUT2D eigenvalue weighted by Crippen LogP contribution is 2.23. The molecule has 1 amide bonds. The number of amides is 1. The van der Waals surface area contributed by atoms with E-state index in [1.807, 2.05) is 62.4 Å². The van der Waals surface area contributed by atoms with Crippen molar-refractivity contribution < 1.29 is 9.53 Å². The Hall–Kier alpha value is -3.44. The monoisotopic (exact) mass is 469 g/mol. The van der Waals surface area contributed by atoms with Gasteiger partial charge in [0.15, 0.2) is 0 Å². The van der Waals surface area contributed by atoms with Gasteiger partial charge in [-0.25, -0.2) is 5.43 Å². The summed E-state index contributed by atoms with van der Waals surface area (Å²) in [6.07, 6.45) is 3.65. The van der Waals surface area contributed by atoms with Gasteiger partial charge in [0.05, 0.1) is 12.3 Å². The number of benzene rings is 3. The molecule has 1 fully saturated rings. The molecular weight excluding hydrogens is 434 g/mol. The highest BCUT2D eigenvalue weighted by molar-refractivity contribution is 6.00. The number of likely N-dealkylation sites (tertiary alicyclic amines) is 1. The molecule has 0 spiro atoms. The predicted octanol–water partition coefficient (Wildman–Crippen LogP) is 5.69. The molecular formula is C30H35N3O2. The summed E-state index contributed by atoms with van der Waals surface area (Å²) in [5.41, 5.74) is 7.64. The van der Waals surface area contributed by atoms with Gasteiger partial charge in [-0.1, -0.05) is 42.5 Å². The number of carbonyl (C=O) groups is 1. The summed E-state index contributed by atoms with van der Waals surface area (Å²) in [5.74, 6) is 1.39. The van der Waals surface area contributed by atoms with E-state index in [9.17, 15) is 4.79 Å². The number of rotatable bonds is 9. The zero-order valence-corrected chi connectivity index (χ0v) is 20.7. The quantitative estimate of drug-likeness (QED) is 0.323. The second-order valence-electron chi connectivity index (χ2n) is 9.20. The molecule has 0 bridgehead atoms. The van der Waals surface area contributed by atoms with Crippen LogP contribution in [0.3, 0.4) is 0 Å². The minimum absolute atomic E-state index is 0.205. The van der Waals surface area contributed by atoms with Gasteiger partial charge in [0.2, 0.25) is 0 Å². The van der Waals surface area contributed by atoms with Crippen LogP contribution < -0.4 is 10.2 Å². The Morgan fingerprint density at radius 1 is 0.914 bits per heavy atom. The average Bonchev–Trinajstić information content (AvgIpc) is 2.90. The van der Waals surface area contributed by atoms with E-state index in [-0.39, 0.29) is 5.91 Å². The van der Waals surface area contributed by atoms with Gasteiger partial charge in [-0.05, 0) is 105 Å². The van der Waals surface area contributed by atoms with Crippen LogP contribution in [0.2, 0.25) is 0 Å². The van der Waals surface area contributed by atoms with Crippen LogP contribution in [0.4, 0.5) is 0 Å². The van der Waals surface area contributed by atoms with E-state index >= 15 is 0 Å². The summed E-state index contributed by atoms with van der Waals surface area (Å²) in [6, 6.07) is 26.4. The molecule has 4 rings (SSSR count). The number of hydrogen-bond donors (Lipinski definition) is 1. The molecule has 3 aromatic carbocycles. The second-order valence-corrected chi connectivity index (χ2v) is 9.20. The van der Waals surface area contributed by atoms with Gasteiger partial charge in [-0.2, -0.15) is 5.10 Å². The van der Waals surface area contributed by atoms with Crippen LogP contribution in [0, 0.1) is 5.92 Å². The van der Waals surface area contributed by atoms with Crippen LogP contribution in [-0.2, 0) is 13.0 Å². The zero-order valence-electron chi connectivity index (χ0n) is 20.7. The fourth-order valence-corrected chi connectivity index (χ4v) is 4.54. The fourth-order valence-electron chi connectivity index (χ4n) is 4.54. The third-order valence-corrected chi connectivity index (χ3v) is 6.60. The Labute approximate surface area is 208 Å². The Morgan fingerprint density at radius 3 is 2.23 bits per heavy atom. The molecule has 182 valence electrons. The zero-order chi connectivity index (χ0) is 24.5. The number of hydrazone groups is 1. The lowest BCUT2D eigenvalue weighted by atomic mass is 9.90. The van der Waals surface area contributed by atoms with Gasteiger partial charge in [0.25, 0.3) is 5.91 Å². The molecule has 1 aliphatic heterocycles. The molecule has 0 radical (unpaired) electrons. The molecule has 0 aliphatic carbocycles. The average molecular weight is 470 g/mol. The number of hydrogen-bond acceptors (Lipinski definition) is 4. The number of ether oxygens (including phenoxy) is 1. The van der Waals surface area contributed by atoms with Crippen molar-refractivity contribution in [2.24, 2.45) is 11.0 Å². The Kier molecular flexibility index (Phi) is 8.68. The van der Waals surface area contributed by atoms with Crippen LogP contribution in [0.25, 0.3) is 0 Å². The summed E-state index contributed by atoms with van der Waals surface area (Å²) >= 11 is 0. The van der Waals surface area contributed by atoms with Crippen molar-refractivity contribution in [2.75, 3.05) is 19.7 Å². The first-order chi connectivity index (χ1) is 17.1. The topological polar surface area (TPSA) is 53.9 Å². The minimum Gasteiger partial charge on any atom is -0.494 e. The molecule has 0 unspecified atom stereocenters. The van der Waals surface area contributed by atoms with Gasteiger partial charge >= 0.3 is 0 Å². The van der Waals surface area contributed by atoms with Gasteiger partial charge in [0.1, 0.15) is 5.75 Å². The number of nitrogens with one attached hydrogen (secondary N) is 1. The van der Waals surface area contributed by atoms with Crippen molar-refractivity contribution in [2.45, 2.75) is 39.7 Å². The molecule has 1 aliphatic rings. The summed E-state index contributed by atoms with van der Waals surface area (Å²) in [6.45, 7) is 7.64. The van der Waals surface area contributed by atoms with Crippen molar-refractivity contribution in [1.29, 1.82) is 0 Å². The molecule has 0 saturated carbocycles. The van der Waals surface area contributed by atoms with Crippen LogP contribution in [0.15, 0.2) is 84.0 Å². The lowest BCUT2D eigenvalue weighted by Crippen LogP contribution is -2.33. The summed E-state index contributed by atoms with van der Waals surface area (Å²) in [7, 11) is 0. The van der Waals surface area contributed by atoms with Crippen molar-refractivity contribution in [3.05, 3.63) is 101 Å². The smallest absolute Gasteiger partial charge is 0.271 e. The fraction of sp³-hybridized carbons (Fsp3) is 0.333. The first-order valence-electron chi connectivity index (χ1n) is 12.5. The van der Waals surface area contributed by atoms with E-state index < -0.39 is 0 Å². The van der Waals surface area contributed by atoms with Gasteiger partial charge in [0, 0.05) is 12.1 Å². The second kappa shape index (κ2) is 12.3. The first kappa shape index (κ1) is 24.7. The Bertz CT molecular complexity index is 1100. The van der Waals surface area contributed by atoms with Gasteiger partial charge in [-0.15, -0.1) is 0 Å². The van der Waals surface area contributed by atoms with E-state index in [0.29, 0.717) is 12.2 Å². The lowest BCUT2D eigenvalue weighted by Gasteiger charge is -2.32. The van der Waals surface area contributed by atoms with E-state index in [1.165, 1.54) is 30.4 Å². The van der Waals surface area contributed by atoms with Crippen molar-refractivity contribution in [1.82, 2.24) is 10.3 Å². The minimum atomic E-state index is -0.205. The molecule has 3 aromatic rings. The van der Waals surface area contributed by atoms with E-state index in [2.05, 4.69) is 45.8 Å². The van der Waals surface area contributed by atoms with Crippen molar-refractivity contribution in [3.8, 4) is 5.75 Å². The molecule has 1 saturated heterocycles. The van der Waals surface area contributed by atoms with Gasteiger partial charge < -0.3 is 4.74 Å². The highest BCUT2D eigenvalue weighted by Gasteiger charge is 2.19. The van der Waals surface area contributed by atoms with E-state index in [4.69, 9.17) is 4.74 Å². The van der Waals surface area contributed by atoms with E-state index in [1.54, 1.807) is 0 Å². The molecule has 1 heterocycles. The maximum Gasteiger partial charge on any atom is 0.271 e. The van der Waals surface area contributed by atoms with Crippen LogP contribution in [0.1, 0.15) is 53.7 Å². The maximum atomic E-state index is 12.6. The van der Waals surface area contributed by atoms with Crippen molar-refractivity contribution >= 4 is 11.6 Å². The number of piperidine rings is 1. The number of nitrogens with zero attached hydrogens (tertiary/aromatic N) is 2. The lowest BCUT2D eigenvalue weighted by molar-refractivity contribution is 0.0954. The molecule has 5 nitrogen and oxygen atoms in total. The molecule has 0 atom stereocenters. The van der Waals surface area contributed by atoms with Gasteiger partial charge in [-0.3, -0.25) is 9.69 Å². The van der Waals surface area contributed by atoms with Crippen molar-refractivity contribution in [3.63, 3.8) is 0 Å². The number of carbonyl (C=O) groups excluding carboxylic acids is 1. The third kappa shape index (κ3) is 7.27. The Balaban J connectivity index is 1.24. The van der Waals surface area contributed by atoms with Crippen LogP contribution in [0.5, 0.6) is 5.75 Å². The molecule has 0 aromatic heterocycles. The Morgan fingerprint density at radius 2 is 1.57 bits per heavy atom. The summed E-state index contributed by atoms with van der Waals surface area (Å²) in [5, 5.41) is 4.27. The summed E-state index contributed by atoms with van der Waals surface area (Å²) < 4.78 is 5.47. The standard InChI is InChI=1S/C30H35N3O2/c1-3-35-29-15-13-27(14-16-29)23(2)31-32-30(34)28-11-9-26(10-12-28)22-33-19-17-25(18-20-33)21-24-7-5-4-6-8-24/h4-16,25H,3,17-22H2,1-2H3,(H,32,34)/b31-23-. The normalized spacial score (nSPS) is 15.1. The molecule has 5 heteroatoms.